The maximum absolute atomic E-state index is 12.5. The van der Waals surface area contributed by atoms with Crippen molar-refractivity contribution in [2.45, 2.75) is 13.8 Å². The molecule has 8 heteroatoms. The molecule has 2 aromatic rings. The van der Waals surface area contributed by atoms with Crippen LogP contribution in [0, 0.1) is 13.8 Å². The summed E-state index contributed by atoms with van der Waals surface area (Å²) in [5.41, 5.74) is 2.85. The molecule has 0 fully saturated rings. The molecule has 0 saturated carbocycles. The van der Waals surface area contributed by atoms with Crippen LogP contribution in [0.15, 0.2) is 36.4 Å². The number of sulfonamides is 1. The minimum Gasteiger partial charge on any atom is -0.465 e. The van der Waals surface area contributed by atoms with Crippen LogP contribution in [-0.2, 0) is 14.8 Å². The van der Waals surface area contributed by atoms with Gasteiger partial charge in [-0.3, -0.25) is 9.52 Å². The smallest absolute Gasteiger partial charge is 0.338 e. The van der Waals surface area contributed by atoms with E-state index in [-0.39, 0.29) is 5.91 Å². The van der Waals surface area contributed by atoms with Gasteiger partial charge in [0.15, 0.2) is 0 Å². The summed E-state index contributed by atoms with van der Waals surface area (Å²) in [6.45, 7) is 3.42. The zero-order valence-corrected chi connectivity index (χ0v) is 15.7. The van der Waals surface area contributed by atoms with Crippen molar-refractivity contribution < 1.29 is 22.7 Å². The molecule has 0 spiro atoms. The summed E-state index contributed by atoms with van der Waals surface area (Å²) in [6.07, 6.45) is 1.06. The summed E-state index contributed by atoms with van der Waals surface area (Å²) >= 11 is 0. The molecule has 0 aliphatic carbocycles. The summed E-state index contributed by atoms with van der Waals surface area (Å²) < 4.78 is 29.8. The molecule has 0 aliphatic heterocycles. The Hall–Kier alpha value is -2.87. The Morgan fingerprint density at radius 3 is 2.31 bits per heavy atom. The highest BCUT2D eigenvalue weighted by atomic mass is 32.2. The molecule has 2 aromatic carbocycles. The van der Waals surface area contributed by atoms with E-state index < -0.39 is 16.0 Å². The molecule has 0 heterocycles. The van der Waals surface area contributed by atoms with E-state index in [9.17, 15) is 18.0 Å². The Morgan fingerprint density at radius 2 is 1.73 bits per heavy atom. The Bertz CT molecular complexity index is 968. The van der Waals surface area contributed by atoms with Crippen LogP contribution in [-0.4, -0.2) is 33.7 Å². The van der Waals surface area contributed by atoms with E-state index >= 15 is 0 Å². The number of hydrogen-bond donors (Lipinski definition) is 2. The molecule has 0 unspecified atom stereocenters. The molecule has 0 radical (unpaired) electrons. The summed E-state index contributed by atoms with van der Waals surface area (Å²) in [4.78, 5) is 24.2. The van der Waals surface area contributed by atoms with Crippen molar-refractivity contribution in [1.82, 2.24) is 0 Å². The first-order valence-corrected chi connectivity index (χ1v) is 9.59. The van der Waals surface area contributed by atoms with Crippen molar-refractivity contribution in [2.75, 3.05) is 23.4 Å². The molecule has 1 amide bonds. The van der Waals surface area contributed by atoms with Crippen molar-refractivity contribution in [3.8, 4) is 0 Å². The van der Waals surface area contributed by atoms with Crippen molar-refractivity contribution in [3.05, 3.63) is 58.7 Å². The zero-order chi connectivity index (χ0) is 19.5. The highest BCUT2D eigenvalue weighted by Crippen LogP contribution is 2.22. The van der Waals surface area contributed by atoms with Crippen LogP contribution in [0.4, 0.5) is 11.4 Å². The second-order valence-electron chi connectivity index (χ2n) is 5.83. The van der Waals surface area contributed by atoms with Crippen LogP contribution < -0.4 is 10.0 Å². The van der Waals surface area contributed by atoms with E-state index in [1.165, 1.54) is 19.2 Å². The third-order valence-corrected chi connectivity index (χ3v) is 4.36. The maximum atomic E-state index is 12.5. The topological polar surface area (TPSA) is 102 Å². The van der Waals surface area contributed by atoms with Gasteiger partial charge in [0.1, 0.15) is 0 Å². The number of ether oxygens (including phenoxy) is 1. The molecule has 0 atom stereocenters. The summed E-state index contributed by atoms with van der Waals surface area (Å²) in [6, 6.07) is 9.60. The van der Waals surface area contributed by atoms with Gasteiger partial charge in [-0.15, -0.1) is 0 Å². The molecule has 26 heavy (non-hydrogen) atoms. The first-order chi connectivity index (χ1) is 12.1. The van der Waals surface area contributed by atoms with E-state index in [0.29, 0.717) is 33.6 Å². The fourth-order valence-electron chi connectivity index (χ4n) is 2.42. The van der Waals surface area contributed by atoms with Crippen LogP contribution in [0.2, 0.25) is 0 Å². The quantitative estimate of drug-likeness (QED) is 0.781. The predicted octanol–water partition coefficient (Wildman–Crippen LogP) is 2.71. The molecule has 2 rings (SSSR count). The predicted molar refractivity (Wildman–Crippen MR) is 100 cm³/mol. The fourth-order valence-corrected chi connectivity index (χ4v) is 3.04. The van der Waals surface area contributed by atoms with Crippen molar-refractivity contribution in [3.63, 3.8) is 0 Å². The van der Waals surface area contributed by atoms with Gasteiger partial charge in [0.05, 0.1) is 24.6 Å². The number of benzene rings is 2. The molecule has 7 nitrogen and oxygen atoms in total. The first-order valence-electron chi connectivity index (χ1n) is 7.70. The number of anilines is 2. The highest BCUT2D eigenvalue weighted by molar-refractivity contribution is 7.92. The monoisotopic (exact) mass is 376 g/mol. The van der Waals surface area contributed by atoms with Gasteiger partial charge in [0.25, 0.3) is 5.91 Å². The fraction of sp³-hybridized carbons (Fsp3) is 0.222. The van der Waals surface area contributed by atoms with Crippen molar-refractivity contribution >= 4 is 33.3 Å². The van der Waals surface area contributed by atoms with Crippen LogP contribution in [0.25, 0.3) is 0 Å². The first kappa shape index (κ1) is 19.5. The van der Waals surface area contributed by atoms with Gasteiger partial charge in [0.2, 0.25) is 10.0 Å². The second kappa shape index (κ2) is 7.57. The number of methoxy groups -OCH3 is 1. The van der Waals surface area contributed by atoms with Crippen LogP contribution in [0.3, 0.4) is 0 Å². The molecule has 0 aromatic heterocycles. The SMILES string of the molecule is COC(=O)c1cccc(NC(=O)c2ccc(NS(C)(=O)=O)c(C)c2)c1C. The van der Waals surface area contributed by atoms with Crippen LogP contribution in [0.5, 0.6) is 0 Å². The van der Waals surface area contributed by atoms with Gasteiger partial charge >= 0.3 is 5.97 Å². The number of esters is 1. The minimum atomic E-state index is -3.40. The van der Waals surface area contributed by atoms with E-state index in [1.54, 1.807) is 38.1 Å². The molecule has 0 aliphatic rings. The number of carbonyl (C=O) groups is 2. The van der Waals surface area contributed by atoms with Crippen LogP contribution >= 0.6 is 0 Å². The van der Waals surface area contributed by atoms with E-state index in [1.807, 2.05) is 0 Å². The van der Waals surface area contributed by atoms with E-state index in [4.69, 9.17) is 4.74 Å². The molecular formula is C18H20N2O5S. The Labute approximate surface area is 152 Å². The van der Waals surface area contributed by atoms with E-state index in [0.717, 1.165) is 6.26 Å². The Balaban J connectivity index is 2.26. The zero-order valence-electron chi connectivity index (χ0n) is 14.9. The van der Waals surface area contributed by atoms with Gasteiger partial charge in [-0.1, -0.05) is 6.07 Å². The Kier molecular flexibility index (Phi) is 5.66. The molecule has 138 valence electrons. The van der Waals surface area contributed by atoms with Gasteiger partial charge in [-0.25, -0.2) is 13.2 Å². The molecule has 0 saturated heterocycles. The lowest BCUT2D eigenvalue weighted by Gasteiger charge is -2.13. The normalized spacial score (nSPS) is 10.9. The second-order valence-corrected chi connectivity index (χ2v) is 7.58. The standard InChI is InChI=1S/C18H20N2O5S/c1-11-10-13(8-9-15(11)20-26(4,23)24)17(21)19-16-7-5-6-14(12(16)2)18(22)25-3/h5-10,20H,1-4H3,(H,19,21). The number of hydrogen-bond acceptors (Lipinski definition) is 5. The Morgan fingerprint density at radius 1 is 1.04 bits per heavy atom. The lowest BCUT2D eigenvalue weighted by molar-refractivity contribution is 0.0599. The maximum Gasteiger partial charge on any atom is 0.338 e. The molecular weight excluding hydrogens is 356 g/mol. The number of aryl methyl sites for hydroxylation is 1. The summed E-state index contributed by atoms with van der Waals surface area (Å²) in [5.74, 6) is -0.852. The van der Waals surface area contributed by atoms with Gasteiger partial charge in [-0.2, -0.15) is 0 Å². The van der Waals surface area contributed by atoms with Crippen molar-refractivity contribution in [1.29, 1.82) is 0 Å². The number of nitrogens with one attached hydrogen (secondary N) is 2. The largest absolute Gasteiger partial charge is 0.465 e. The van der Waals surface area contributed by atoms with Crippen LogP contribution in [0.1, 0.15) is 31.8 Å². The lowest BCUT2D eigenvalue weighted by Crippen LogP contribution is -2.15. The number of amides is 1. The van der Waals surface area contributed by atoms with Crippen molar-refractivity contribution in [2.24, 2.45) is 0 Å². The summed E-state index contributed by atoms with van der Waals surface area (Å²) in [7, 11) is -2.10. The van der Waals surface area contributed by atoms with Gasteiger partial charge in [0, 0.05) is 11.3 Å². The molecule has 2 N–H and O–H groups in total. The third-order valence-electron chi connectivity index (χ3n) is 3.77. The summed E-state index contributed by atoms with van der Waals surface area (Å²) in [5, 5.41) is 2.76. The van der Waals surface area contributed by atoms with E-state index in [2.05, 4.69) is 10.0 Å². The average Bonchev–Trinajstić information content (AvgIpc) is 2.56. The number of carbonyl (C=O) groups excluding carboxylic acids is 2. The average molecular weight is 376 g/mol. The van der Waals surface area contributed by atoms with Gasteiger partial charge < -0.3 is 10.1 Å². The highest BCUT2D eigenvalue weighted by Gasteiger charge is 2.15. The third kappa shape index (κ3) is 4.60. The van der Waals surface area contributed by atoms with Gasteiger partial charge in [-0.05, 0) is 55.3 Å². The number of rotatable bonds is 5. The molecule has 0 bridgehead atoms. The minimum absolute atomic E-state index is 0.365. The lowest BCUT2D eigenvalue weighted by atomic mass is 10.1.